The number of carbonyl (C=O) groups is 2. The zero-order valence-corrected chi connectivity index (χ0v) is 10.9. The summed E-state index contributed by atoms with van der Waals surface area (Å²) in [4.78, 5) is 23.3. The first-order valence-corrected chi connectivity index (χ1v) is 6.23. The summed E-state index contributed by atoms with van der Waals surface area (Å²) in [5, 5.41) is 12.9. The standard InChI is InChI=1S/C13H9ClN4O2/c14-10-3-4-11(18-17-10)16-13(20)8-2-1-7-6-12(19)15-9(7)5-8/h1-5H,6H2,(H,15,19)(H,16,18,20). The number of hydrogen-bond acceptors (Lipinski definition) is 4. The highest BCUT2D eigenvalue weighted by Crippen LogP contribution is 2.24. The van der Waals surface area contributed by atoms with Gasteiger partial charge in [0.2, 0.25) is 5.91 Å². The number of benzene rings is 1. The summed E-state index contributed by atoms with van der Waals surface area (Å²) in [6.07, 6.45) is 0.347. The maximum Gasteiger partial charge on any atom is 0.256 e. The van der Waals surface area contributed by atoms with E-state index in [9.17, 15) is 9.59 Å². The molecule has 0 saturated heterocycles. The molecule has 0 aliphatic carbocycles. The molecule has 3 rings (SSSR count). The van der Waals surface area contributed by atoms with Crippen LogP contribution in [-0.4, -0.2) is 22.0 Å². The van der Waals surface area contributed by atoms with Gasteiger partial charge in [0.05, 0.1) is 6.42 Å². The van der Waals surface area contributed by atoms with Gasteiger partial charge in [-0.15, -0.1) is 10.2 Å². The predicted molar refractivity (Wildman–Crippen MR) is 73.8 cm³/mol. The molecule has 7 heteroatoms. The first-order valence-electron chi connectivity index (χ1n) is 5.85. The fourth-order valence-corrected chi connectivity index (χ4v) is 2.03. The van der Waals surface area contributed by atoms with E-state index in [0.29, 0.717) is 23.5 Å². The Morgan fingerprint density at radius 2 is 2.10 bits per heavy atom. The highest BCUT2D eigenvalue weighted by Gasteiger charge is 2.19. The van der Waals surface area contributed by atoms with Crippen LogP contribution >= 0.6 is 11.6 Å². The van der Waals surface area contributed by atoms with Gasteiger partial charge in [-0.3, -0.25) is 9.59 Å². The molecule has 2 aromatic rings. The van der Waals surface area contributed by atoms with Crippen molar-refractivity contribution in [2.75, 3.05) is 10.6 Å². The number of hydrogen-bond donors (Lipinski definition) is 2. The van der Waals surface area contributed by atoms with Gasteiger partial charge in [-0.25, -0.2) is 0 Å². The van der Waals surface area contributed by atoms with Crippen LogP contribution < -0.4 is 10.6 Å². The van der Waals surface area contributed by atoms with E-state index in [0.717, 1.165) is 5.56 Å². The molecular weight excluding hydrogens is 280 g/mol. The van der Waals surface area contributed by atoms with Gasteiger partial charge in [-0.05, 0) is 29.8 Å². The SMILES string of the molecule is O=C1Cc2ccc(C(=O)Nc3ccc(Cl)nn3)cc2N1. The summed E-state index contributed by atoms with van der Waals surface area (Å²) in [6.45, 7) is 0. The zero-order valence-electron chi connectivity index (χ0n) is 10.2. The molecule has 0 saturated carbocycles. The van der Waals surface area contributed by atoms with Crippen LogP contribution in [0.3, 0.4) is 0 Å². The lowest BCUT2D eigenvalue weighted by molar-refractivity contribution is -0.115. The third-order valence-corrected chi connectivity index (χ3v) is 3.07. The molecular formula is C13H9ClN4O2. The molecule has 0 fully saturated rings. The lowest BCUT2D eigenvalue weighted by Crippen LogP contribution is -2.13. The Morgan fingerprint density at radius 1 is 1.25 bits per heavy atom. The van der Waals surface area contributed by atoms with Crippen LogP contribution in [0.2, 0.25) is 5.15 Å². The molecule has 0 bridgehead atoms. The van der Waals surface area contributed by atoms with E-state index < -0.39 is 0 Å². The van der Waals surface area contributed by atoms with Crippen molar-refractivity contribution in [3.8, 4) is 0 Å². The normalized spacial score (nSPS) is 12.8. The fraction of sp³-hybridized carbons (Fsp3) is 0.0769. The van der Waals surface area contributed by atoms with Gasteiger partial charge in [0.25, 0.3) is 5.91 Å². The Kier molecular flexibility index (Phi) is 3.08. The number of amides is 2. The van der Waals surface area contributed by atoms with Crippen molar-refractivity contribution >= 4 is 34.9 Å². The molecule has 20 heavy (non-hydrogen) atoms. The van der Waals surface area contributed by atoms with Crippen molar-refractivity contribution in [1.82, 2.24) is 10.2 Å². The number of nitrogens with one attached hydrogen (secondary N) is 2. The van der Waals surface area contributed by atoms with E-state index in [1.54, 1.807) is 24.3 Å². The summed E-state index contributed by atoms with van der Waals surface area (Å²) in [5.41, 5.74) is 1.99. The summed E-state index contributed by atoms with van der Waals surface area (Å²) in [6, 6.07) is 8.15. The number of carbonyl (C=O) groups excluding carboxylic acids is 2. The van der Waals surface area contributed by atoms with Crippen molar-refractivity contribution in [1.29, 1.82) is 0 Å². The second-order valence-corrected chi connectivity index (χ2v) is 4.68. The summed E-state index contributed by atoms with van der Waals surface area (Å²) in [5.74, 6) is -0.0874. The van der Waals surface area contributed by atoms with Gasteiger partial charge < -0.3 is 10.6 Å². The number of aromatic nitrogens is 2. The number of fused-ring (bicyclic) bond motifs is 1. The Morgan fingerprint density at radius 3 is 2.85 bits per heavy atom. The number of nitrogens with zero attached hydrogens (tertiary/aromatic N) is 2. The molecule has 100 valence electrons. The van der Waals surface area contributed by atoms with Crippen LogP contribution in [0.4, 0.5) is 11.5 Å². The quantitative estimate of drug-likeness (QED) is 0.883. The molecule has 2 amide bonds. The van der Waals surface area contributed by atoms with Crippen molar-refractivity contribution in [3.63, 3.8) is 0 Å². The van der Waals surface area contributed by atoms with Crippen LogP contribution in [-0.2, 0) is 11.2 Å². The van der Waals surface area contributed by atoms with E-state index in [1.807, 2.05) is 0 Å². The highest BCUT2D eigenvalue weighted by molar-refractivity contribution is 6.29. The molecule has 2 heterocycles. The molecule has 1 aromatic carbocycles. The third kappa shape index (κ3) is 2.46. The predicted octanol–water partition coefficient (Wildman–Crippen LogP) is 1.88. The second-order valence-electron chi connectivity index (χ2n) is 4.29. The fourth-order valence-electron chi connectivity index (χ4n) is 1.93. The van der Waals surface area contributed by atoms with Gasteiger partial charge in [-0.2, -0.15) is 0 Å². The monoisotopic (exact) mass is 288 g/mol. The van der Waals surface area contributed by atoms with Crippen LogP contribution in [0.1, 0.15) is 15.9 Å². The maximum atomic E-state index is 12.1. The van der Waals surface area contributed by atoms with Gasteiger partial charge in [0.1, 0.15) is 0 Å². The van der Waals surface area contributed by atoms with Crippen molar-refractivity contribution < 1.29 is 9.59 Å². The third-order valence-electron chi connectivity index (χ3n) is 2.87. The second kappa shape index (κ2) is 4.90. The summed E-state index contributed by atoms with van der Waals surface area (Å²) in [7, 11) is 0. The number of anilines is 2. The minimum atomic E-state index is -0.328. The minimum Gasteiger partial charge on any atom is -0.326 e. The molecule has 2 N–H and O–H groups in total. The average molecular weight is 289 g/mol. The van der Waals surface area contributed by atoms with Gasteiger partial charge >= 0.3 is 0 Å². The molecule has 1 aliphatic rings. The minimum absolute atomic E-state index is 0.0684. The summed E-state index contributed by atoms with van der Waals surface area (Å²) < 4.78 is 0. The van der Waals surface area contributed by atoms with E-state index >= 15 is 0 Å². The van der Waals surface area contributed by atoms with Crippen LogP contribution in [0.25, 0.3) is 0 Å². The molecule has 0 radical (unpaired) electrons. The zero-order chi connectivity index (χ0) is 14.1. The van der Waals surface area contributed by atoms with Crippen LogP contribution in [0.15, 0.2) is 30.3 Å². The van der Waals surface area contributed by atoms with Gasteiger partial charge in [-0.1, -0.05) is 17.7 Å². The largest absolute Gasteiger partial charge is 0.326 e. The smallest absolute Gasteiger partial charge is 0.256 e. The van der Waals surface area contributed by atoms with E-state index in [4.69, 9.17) is 11.6 Å². The summed E-state index contributed by atoms with van der Waals surface area (Å²) >= 11 is 5.62. The Bertz CT molecular complexity index is 700. The Hall–Kier alpha value is -2.47. The molecule has 0 spiro atoms. The van der Waals surface area contributed by atoms with Crippen LogP contribution in [0, 0.1) is 0 Å². The molecule has 6 nitrogen and oxygen atoms in total. The van der Waals surface area contributed by atoms with Crippen LogP contribution in [0.5, 0.6) is 0 Å². The van der Waals surface area contributed by atoms with E-state index in [2.05, 4.69) is 20.8 Å². The maximum absolute atomic E-state index is 12.1. The van der Waals surface area contributed by atoms with Gasteiger partial charge in [0.15, 0.2) is 11.0 Å². The van der Waals surface area contributed by atoms with E-state index in [1.165, 1.54) is 6.07 Å². The number of rotatable bonds is 2. The number of halogens is 1. The highest BCUT2D eigenvalue weighted by atomic mass is 35.5. The molecule has 1 aromatic heterocycles. The van der Waals surface area contributed by atoms with Crippen molar-refractivity contribution in [3.05, 3.63) is 46.6 Å². The van der Waals surface area contributed by atoms with E-state index in [-0.39, 0.29) is 17.0 Å². The molecule has 1 aliphatic heterocycles. The first-order chi connectivity index (χ1) is 9.61. The molecule has 0 atom stereocenters. The lowest BCUT2D eigenvalue weighted by Gasteiger charge is -2.05. The Balaban J connectivity index is 1.79. The topological polar surface area (TPSA) is 84.0 Å². The van der Waals surface area contributed by atoms with Gasteiger partial charge in [0, 0.05) is 11.3 Å². The average Bonchev–Trinajstić information content (AvgIpc) is 2.80. The van der Waals surface area contributed by atoms with Crippen molar-refractivity contribution in [2.45, 2.75) is 6.42 Å². The Labute approximate surface area is 119 Å². The lowest BCUT2D eigenvalue weighted by atomic mass is 10.1. The molecule has 0 unspecified atom stereocenters. The first kappa shape index (κ1) is 12.6. The van der Waals surface area contributed by atoms with Crippen molar-refractivity contribution in [2.24, 2.45) is 0 Å².